The minimum absolute atomic E-state index is 0.702. The van der Waals surface area contributed by atoms with Crippen molar-refractivity contribution in [2.75, 3.05) is 0 Å². The fourth-order valence-corrected chi connectivity index (χ4v) is 13.7. The Balaban J connectivity index is 1.50. The Morgan fingerprint density at radius 1 is 0.679 bits per heavy atom. The zero-order valence-electron chi connectivity index (χ0n) is 16.2. The molecule has 0 saturated carbocycles. The van der Waals surface area contributed by atoms with Crippen molar-refractivity contribution in [3.63, 3.8) is 0 Å². The van der Waals surface area contributed by atoms with E-state index in [1.165, 1.54) is 22.0 Å². The van der Waals surface area contributed by atoms with E-state index in [0.717, 1.165) is 12.3 Å². The van der Waals surface area contributed by atoms with E-state index in [0.29, 0.717) is 3.67 Å². The number of hydrogen-bond donors (Lipinski definition) is 0. The molecule has 2 aliphatic rings. The van der Waals surface area contributed by atoms with Gasteiger partial charge in [-0.05, 0) is 0 Å². The molecule has 0 radical (unpaired) electrons. The van der Waals surface area contributed by atoms with Crippen LogP contribution in [0.3, 0.4) is 0 Å². The number of allylic oxidation sites excluding steroid dienone is 2. The molecule has 2 heteroatoms. The number of benzene rings is 3. The molecule has 0 N–H and O–H groups in total. The molecule has 3 aromatic rings. The van der Waals surface area contributed by atoms with Crippen LogP contribution in [0.1, 0.15) is 42.1 Å². The van der Waals surface area contributed by atoms with E-state index in [9.17, 15) is 0 Å². The molecule has 0 aromatic heterocycles. The number of fused-ring (bicyclic) bond motifs is 2. The zero-order chi connectivity index (χ0) is 19.1. The topological polar surface area (TPSA) is 0 Å². The minimum atomic E-state index is -1.04. The summed E-state index contributed by atoms with van der Waals surface area (Å²) in [6.07, 6.45) is 4.94. The van der Waals surface area contributed by atoms with Gasteiger partial charge in [-0.3, -0.25) is 0 Å². The Kier molecular flexibility index (Phi) is 5.07. The van der Waals surface area contributed by atoms with E-state index >= 15 is 0 Å². The second-order valence-corrected chi connectivity index (χ2v) is 14.4. The van der Waals surface area contributed by atoms with Crippen molar-refractivity contribution in [3.8, 4) is 0 Å². The summed E-state index contributed by atoms with van der Waals surface area (Å²) in [5.74, 6) is 0. The van der Waals surface area contributed by atoms with Crippen molar-refractivity contribution in [1.82, 2.24) is 0 Å². The molecule has 0 fully saturated rings. The molecule has 5 rings (SSSR count). The van der Waals surface area contributed by atoms with Gasteiger partial charge in [0.1, 0.15) is 0 Å². The molecule has 0 saturated heterocycles. The first-order valence-corrected chi connectivity index (χ1v) is 15.0. The van der Waals surface area contributed by atoms with E-state index in [-0.39, 0.29) is 0 Å². The summed E-state index contributed by atoms with van der Waals surface area (Å²) in [5, 5.41) is 3.19. The molecule has 0 heterocycles. The monoisotopic (exact) mass is 546 g/mol. The van der Waals surface area contributed by atoms with E-state index in [2.05, 4.69) is 98.8 Å². The first-order chi connectivity index (χ1) is 13.7. The summed E-state index contributed by atoms with van der Waals surface area (Å²) in [4.78, 5) is 0. The normalized spacial score (nSPS) is 20.1. The number of rotatable bonds is 4. The first kappa shape index (κ1) is 18.5. The van der Waals surface area contributed by atoms with Crippen molar-refractivity contribution >= 4 is 26.0 Å². The summed E-state index contributed by atoms with van der Waals surface area (Å²) in [5.41, 5.74) is 9.12. The quantitative estimate of drug-likeness (QED) is 0.255. The summed E-state index contributed by atoms with van der Waals surface area (Å²) in [7, 11) is 0.792. The Labute approximate surface area is 180 Å². The SMILES string of the molecule is CC1=Cc2ccccc2[CH]1[Hf][CH]1C(Pc2ccccc2C)=Cc2ccccc21. The van der Waals surface area contributed by atoms with Crippen molar-refractivity contribution < 1.29 is 22.9 Å². The fourth-order valence-electron chi connectivity index (χ4n) is 4.35. The molecular formula is C26H23HfP. The van der Waals surface area contributed by atoms with Gasteiger partial charge in [-0.2, -0.15) is 0 Å². The van der Waals surface area contributed by atoms with Crippen molar-refractivity contribution in [2.45, 2.75) is 21.2 Å². The van der Waals surface area contributed by atoms with E-state index in [4.69, 9.17) is 0 Å². The Morgan fingerprint density at radius 3 is 2.04 bits per heavy atom. The average Bonchev–Trinajstić information content (AvgIpc) is 3.21. The molecule has 0 bridgehead atoms. The molecule has 28 heavy (non-hydrogen) atoms. The average molecular weight is 545 g/mol. The molecule has 3 atom stereocenters. The van der Waals surface area contributed by atoms with Crippen LogP contribution in [0.5, 0.6) is 0 Å². The fraction of sp³-hybridized carbons (Fsp3) is 0.154. The molecule has 136 valence electrons. The maximum absolute atomic E-state index is 2.51. The summed E-state index contributed by atoms with van der Waals surface area (Å²) >= 11 is -1.04. The van der Waals surface area contributed by atoms with Gasteiger partial charge >= 0.3 is 182 Å². The third-order valence-electron chi connectivity index (χ3n) is 5.83. The second-order valence-electron chi connectivity index (χ2n) is 7.72. The Bertz CT molecular complexity index is 1110. The van der Waals surface area contributed by atoms with Gasteiger partial charge in [-0.25, -0.2) is 0 Å². The summed E-state index contributed by atoms with van der Waals surface area (Å²) in [6.45, 7) is 4.60. The van der Waals surface area contributed by atoms with Crippen LogP contribution in [0, 0.1) is 6.92 Å². The van der Waals surface area contributed by atoms with Gasteiger partial charge in [0.2, 0.25) is 0 Å². The van der Waals surface area contributed by atoms with Crippen molar-refractivity contribution in [3.05, 3.63) is 112 Å². The predicted octanol–water partition coefficient (Wildman–Crippen LogP) is 6.64. The van der Waals surface area contributed by atoms with Gasteiger partial charge in [0, 0.05) is 0 Å². The zero-order valence-corrected chi connectivity index (χ0v) is 20.8. The molecule has 0 amide bonds. The molecule has 0 aliphatic heterocycles. The van der Waals surface area contributed by atoms with E-state index in [1.54, 1.807) is 22.0 Å². The van der Waals surface area contributed by atoms with Crippen LogP contribution < -0.4 is 5.30 Å². The van der Waals surface area contributed by atoms with Crippen LogP contribution in [0.15, 0.2) is 83.7 Å². The molecule has 0 nitrogen and oxygen atoms in total. The molecule has 3 aromatic carbocycles. The third-order valence-corrected chi connectivity index (χ3v) is 15.8. The number of aryl methyl sites for hydroxylation is 1. The van der Waals surface area contributed by atoms with Gasteiger partial charge < -0.3 is 0 Å². The van der Waals surface area contributed by atoms with Crippen LogP contribution in [-0.4, -0.2) is 0 Å². The standard InChI is InChI=1S/C16H14P.C10H9.Hf/c1-12-6-2-5-9-16(12)17-15-10-13-7-3-4-8-14(13)11-15;1-8-6-9-4-2-3-5-10(9)7-8;/h2-11,17H,1H3;2-7H,1H3;. The molecular weight excluding hydrogens is 522 g/mol. The van der Waals surface area contributed by atoms with Crippen LogP contribution in [0.4, 0.5) is 0 Å². The van der Waals surface area contributed by atoms with Crippen LogP contribution in [0.2, 0.25) is 0 Å². The van der Waals surface area contributed by atoms with Crippen LogP contribution >= 0.6 is 8.58 Å². The predicted molar refractivity (Wildman–Crippen MR) is 119 cm³/mol. The Morgan fingerprint density at radius 2 is 1.29 bits per heavy atom. The van der Waals surface area contributed by atoms with E-state index < -0.39 is 22.9 Å². The first-order valence-electron chi connectivity index (χ1n) is 9.87. The van der Waals surface area contributed by atoms with Gasteiger partial charge in [0.25, 0.3) is 0 Å². The van der Waals surface area contributed by atoms with Gasteiger partial charge in [0.05, 0.1) is 0 Å². The van der Waals surface area contributed by atoms with Crippen LogP contribution in [0.25, 0.3) is 12.2 Å². The number of hydrogen-bond acceptors (Lipinski definition) is 0. The van der Waals surface area contributed by atoms with Gasteiger partial charge in [-0.1, -0.05) is 0 Å². The third kappa shape index (κ3) is 3.34. The van der Waals surface area contributed by atoms with Crippen LogP contribution in [-0.2, 0) is 22.9 Å². The van der Waals surface area contributed by atoms with Crippen molar-refractivity contribution in [2.24, 2.45) is 0 Å². The van der Waals surface area contributed by atoms with Gasteiger partial charge in [0.15, 0.2) is 0 Å². The summed E-state index contributed by atoms with van der Waals surface area (Å²) in [6, 6.07) is 27.1. The molecule has 0 spiro atoms. The van der Waals surface area contributed by atoms with E-state index in [1.807, 2.05) is 0 Å². The van der Waals surface area contributed by atoms with Crippen molar-refractivity contribution in [1.29, 1.82) is 0 Å². The Hall–Kier alpha value is -1.56. The second kappa shape index (κ2) is 7.69. The molecule has 3 unspecified atom stereocenters. The molecule has 2 aliphatic carbocycles. The summed E-state index contributed by atoms with van der Waals surface area (Å²) < 4.78 is 1.42. The van der Waals surface area contributed by atoms with Gasteiger partial charge in [-0.15, -0.1) is 0 Å². The maximum atomic E-state index is 2.51.